The normalized spacial score (nSPS) is 11.1. The fraction of sp³-hybridized carbons (Fsp3) is 0.208. The van der Waals surface area contributed by atoms with Crippen LogP contribution in [-0.4, -0.2) is 28.1 Å². The summed E-state index contributed by atoms with van der Waals surface area (Å²) in [4.78, 5) is 11.9. The summed E-state index contributed by atoms with van der Waals surface area (Å²) in [5.74, 6) is 0.240. The Morgan fingerprint density at radius 3 is 2.13 bits per heavy atom. The van der Waals surface area contributed by atoms with Crippen LogP contribution in [0, 0.1) is 6.92 Å². The minimum Gasteiger partial charge on any atom is -0.494 e. The number of esters is 1. The average molecular weight is 440 g/mol. The summed E-state index contributed by atoms with van der Waals surface area (Å²) in [6.07, 6.45) is 0.950. The lowest BCUT2D eigenvalue weighted by Gasteiger charge is -2.11. The van der Waals surface area contributed by atoms with Crippen LogP contribution < -0.4 is 9.46 Å². The molecule has 0 fully saturated rings. The molecule has 0 saturated heterocycles. The summed E-state index contributed by atoms with van der Waals surface area (Å²) < 4.78 is 38.4. The van der Waals surface area contributed by atoms with Crippen molar-refractivity contribution in [3.8, 4) is 16.9 Å². The molecule has 0 spiro atoms. The van der Waals surface area contributed by atoms with E-state index < -0.39 is 16.0 Å². The van der Waals surface area contributed by atoms with Crippen molar-refractivity contribution in [1.29, 1.82) is 0 Å². The second kappa shape index (κ2) is 9.66. The first-order valence-electron chi connectivity index (χ1n) is 9.89. The minimum absolute atomic E-state index is 0.00903. The molecule has 0 radical (unpaired) electrons. The Balaban J connectivity index is 1.77. The van der Waals surface area contributed by atoms with Gasteiger partial charge < -0.3 is 9.47 Å². The molecule has 31 heavy (non-hydrogen) atoms. The van der Waals surface area contributed by atoms with Crippen molar-refractivity contribution in [2.24, 2.45) is 0 Å². The van der Waals surface area contributed by atoms with Gasteiger partial charge in [0.25, 0.3) is 10.0 Å². The van der Waals surface area contributed by atoms with Gasteiger partial charge in [0.1, 0.15) is 5.75 Å². The Labute approximate surface area is 182 Å². The maximum atomic E-state index is 12.8. The molecule has 0 atom stereocenters. The number of sulfonamides is 1. The molecule has 0 aliphatic heterocycles. The number of aryl methyl sites for hydroxylation is 1. The fourth-order valence-electron chi connectivity index (χ4n) is 3.01. The summed E-state index contributed by atoms with van der Waals surface area (Å²) in [5, 5.41) is 0. The highest BCUT2D eigenvalue weighted by Crippen LogP contribution is 2.25. The van der Waals surface area contributed by atoms with Gasteiger partial charge in [-0.1, -0.05) is 37.3 Å². The van der Waals surface area contributed by atoms with Gasteiger partial charge in [0.2, 0.25) is 0 Å². The number of methoxy groups -OCH3 is 1. The lowest BCUT2D eigenvalue weighted by molar-refractivity contribution is 0.0599. The number of rotatable bonds is 8. The molecule has 0 aromatic heterocycles. The van der Waals surface area contributed by atoms with E-state index >= 15 is 0 Å². The molecule has 0 aliphatic rings. The van der Waals surface area contributed by atoms with Crippen molar-refractivity contribution >= 4 is 21.7 Å². The fourth-order valence-corrected chi connectivity index (χ4v) is 4.09. The standard InChI is InChI=1S/C24H25NO5S/c1-4-15-30-21-12-8-19(9-13-21)18-6-10-20(11-7-18)25-31(27,28)22-14-5-17(2)23(16-22)24(26)29-3/h5-14,16,25H,4,15H2,1-3H3. The molecule has 1 N–H and O–H groups in total. The highest BCUT2D eigenvalue weighted by Gasteiger charge is 2.18. The average Bonchev–Trinajstić information content (AvgIpc) is 2.78. The van der Waals surface area contributed by atoms with Crippen LogP contribution in [0.5, 0.6) is 5.75 Å². The number of anilines is 1. The highest BCUT2D eigenvalue weighted by molar-refractivity contribution is 7.92. The van der Waals surface area contributed by atoms with E-state index in [0.717, 1.165) is 23.3 Å². The van der Waals surface area contributed by atoms with Crippen LogP contribution >= 0.6 is 0 Å². The molecule has 0 unspecified atom stereocenters. The largest absolute Gasteiger partial charge is 0.494 e. The molecule has 3 aromatic rings. The first-order chi connectivity index (χ1) is 14.8. The van der Waals surface area contributed by atoms with Crippen molar-refractivity contribution in [3.05, 3.63) is 77.9 Å². The molecule has 0 saturated carbocycles. The van der Waals surface area contributed by atoms with Crippen LogP contribution in [0.15, 0.2) is 71.6 Å². The van der Waals surface area contributed by atoms with E-state index in [1.807, 2.05) is 36.4 Å². The summed E-state index contributed by atoms with van der Waals surface area (Å²) >= 11 is 0. The van der Waals surface area contributed by atoms with Crippen molar-refractivity contribution in [3.63, 3.8) is 0 Å². The molecule has 0 aliphatic carbocycles. The first kappa shape index (κ1) is 22.4. The summed E-state index contributed by atoms with van der Waals surface area (Å²) in [7, 11) is -2.60. The zero-order valence-electron chi connectivity index (χ0n) is 17.7. The summed E-state index contributed by atoms with van der Waals surface area (Å²) in [6.45, 7) is 4.45. The van der Waals surface area contributed by atoms with Crippen LogP contribution in [0.2, 0.25) is 0 Å². The van der Waals surface area contributed by atoms with E-state index in [1.165, 1.54) is 19.2 Å². The Bertz CT molecular complexity index is 1150. The monoisotopic (exact) mass is 439 g/mol. The van der Waals surface area contributed by atoms with Crippen LogP contribution in [0.25, 0.3) is 11.1 Å². The first-order valence-corrected chi connectivity index (χ1v) is 11.4. The number of benzene rings is 3. The van der Waals surface area contributed by atoms with Crippen LogP contribution in [0.4, 0.5) is 5.69 Å². The van der Waals surface area contributed by atoms with Gasteiger partial charge in [0.05, 0.1) is 24.2 Å². The molecule has 3 rings (SSSR count). The Morgan fingerprint density at radius 2 is 1.55 bits per heavy atom. The molecule has 0 heterocycles. The van der Waals surface area contributed by atoms with E-state index in [0.29, 0.717) is 17.9 Å². The van der Waals surface area contributed by atoms with Gasteiger partial charge in [0, 0.05) is 5.69 Å². The van der Waals surface area contributed by atoms with Gasteiger partial charge in [-0.05, 0) is 66.4 Å². The molecular formula is C24H25NO5S. The number of nitrogens with one attached hydrogen (secondary N) is 1. The smallest absolute Gasteiger partial charge is 0.338 e. The van der Waals surface area contributed by atoms with Gasteiger partial charge in [-0.3, -0.25) is 4.72 Å². The van der Waals surface area contributed by atoms with Gasteiger partial charge >= 0.3 is 5.97 Å². The van der Waals surface area contributed by atoms with E-state index in [9.17, 15) is 13.2 Å². The third-order valence-electron chi connectivity index (χ3n) is 4.72. The minimum atomic E-state index is -3.86. The zero-order chi connectivity index (χ0) is 22.4. The third-order valence-corrected chi connectivity index (χ3v) is 6.10. The number of hydrogen-bond donors (Lipinski definition) is 1. The van der Waals surface area contributed by atoms with Crippen molar-refractivity contribution < 1.29 is 22.7 Å². The predicted molar refractivity (Wildman–Crippen MR) is 121 cm³/mol. The Hall–Kier alpha value is -3.32. The van der Waals surface area contributed by atoms with Crippen LogP contribution in [0.3, 0.4) is 0 Å². The maximum absolute atomic E-state index is 12.8. The van der Waals surface area contributed by atoms with Gasteiger partial charge in [0.15, 0.2) is 0 Å². The van der Waals surface area contributed by atoms with Crippen molar-refractivity contribution in [2.75, 3.05) is 18.4 Å². The van der Waals surface area contributed by atoms with E-state index in [1.54, 1.807) is 25.1 Å². The Morgan fingerprint density at radius 1 is 0.935 bits per heavy atom. The second-order valence-corrected chi connectivity index (χ2v) is 8.71. The lowest BCUT2D eigenvalue weighted by Crippen LogP contribution is -2.14. The van der Waals surface area contributed by atoms with Crippen molar-refractivity contribution in [2.45, 2.75) is 25.2 Å². The van der Waals surface area contributed by atoms with Crippen LogP contribution in [0.1, 0.15) is 29.3 Å². The van der Waals surface area contributed by atoms with Gasteiger partial charge in [-0.25, -0.2) is 13.2 Å². The Kier molecular flexibility index (Phi) is 6.97. The zero-order valence-corrected chi connectivity index (χ0v) is 18.5. The number of carbonyl (C=O) groups is 1. The molecule has 6 nitrogen and oxygen atoms in total. The molecule has 162 valence electrons. The van der Waals surface area contributed by atoms with Gasteiger partial charge in [-0.2, -0.15) is 0 Å². The molecule has 0 amide bonds. The summed E-state index contributed by atoms with van der Waals surface area (Å²) in [5.41, 5.74) is 3.23. The molecule has 0 bridgehead atoms. The van der Waals surface area contributed by atoms with Crippen LogP contribution in [-0.2, 0) is 14.8 Å². The number of ether oxygens (including phenoxy) is 2. The SMILES string of the molecule is CCCOc1ccc(-c2ccc(NS(=O)(=O)c3ccc(C)c(C(=O)OC)c3)cc2)cc1. The van der Waals surface area contributed by atoms with Gasteiger partial charge in [-0.15, -0.1) is 0 Å². The topological polar surface area (TPSA) is 81.7 Å². The lowest BCUT2D eigenvalue weighted by atomic mass is 10.1. The highest BCUT2D eigenvalue weighted by atomic mass is 32.2. The third kappa shape index (κ3) is 5.44. The molecule has 3 aromatic carbocycles. The maximum Gasteiger partial charge on any atom is 0.338 e. The van der Waals surface area contributed by atoms with Crippen molar-refractivity contribution in [1.82, 2.24) is 0 Å². The quantitative estimate of drug-likeness (QED) is 0.498. The molecular weight excluding hydrogens is 414 g/mol. The van der Waals surface area contributed by atoms with E-state index in [2.05, 4.69) is 11.6 Å². The number of carbonyl (C=O) groups excluding carboxylic acids is 1. The van der Waals surface area contributed by atoms with E-state index in [-0.39, 0.29) is 10.5 Å². The predicted octanol–water partition coefficient (Wildman–Crippen LogP) is 5.04. The summed E-state index contributed by atoms with van der Waals surface area (Å²) in [6, 6.07) is 19.2. The second-order valence-electron chi connectivity index (χ2n) is 7.02. The molecule has 7 heteroatoms. The number of hydrogen-bond acceptors (Lipinski definition) is 5. The van der Waals surface area contributed by atoms with E-state index in [4.69, 9.17) is 9.47 Å².